The summed E-state index contributed by atoms with van der Waals surface area (Å²) in [6, 6.07) is 0. The van der Waals surface area contributed by atoms with E-state index in [4.69, 9.17) is 18.5 Å². The zero-order valence-electron chi connectivity index (χ0n) is 42.5. The summed E-state index contributed by atoms with van der Waals surface area (Å²) in [5.41, 5.74) is 0. The van der Waals surface area contributed by atoms with Gasteiger partial charge in [0.2, 0.25) is 0 Å². The van der Waals surface area contributed by atoms with E-state index in [-0.39, 0.29) is 12.8 Å². The molecule has 68 heavy (non-hydrogen) atoms. The van der Waals surface area contributed by atoms with Crippen LogP contribution >= 0.6 is 15.6 Å². The molecular weight excluding hydrogens is 914 g/mol. The summed E-state index contributed by atoms with van der Waals surface area (Å²) in [5, 5.41) is 30.1. The van der Waals surface area contributed by atoms with E-state index in [9.17, 15) is 43.8 Å². The van der Waals surface area contributed by atoms with Crippen molar-refractivity contribution in [2.75, 3.05) is 39.6 Å². The predicted molar refractivity (Wildman–Crippen MR) is 270 cm³/mol. The van der Waals surface area contributed by atoms with E-state index in [0.29, 0.717) is 12.8 Å². The standard InChI is InChI=1S/C51H98O15P2/c1-3-5-7-9-11-13-15-17-19-21-22-24-26-28-30-32-34-36-38-40-51(56)62-42-48(53)44-64-68(59,60)66-46-49(54)45-65-67(57,58)63-43-47(52)41-61-50(55)39-37-35-33-31-29-27-25-23-20-18-16-14-12-10-8-6-4-2/h12,14,18,20,47-49,52-54H,3-11,13,15-17,19,21-46H2,1-2H3,(H,57,58)(H,59,60)/b14-12-,20-18-. The monoisotopic (exact) mass is 1010 g/mol. The molecule has 0 amide bonds. The number of hydrogen-bond donors (Lipinski definition) is 5. The Morgan fingerprint density at radius 2 is 0.632 bits per heavy atom. The van der Waals surface area contributed by atoms with Gasteiger partial charge in [-0.2, -0.15) is 0 Å². The predicted octanol–water partition coefficient (Wildman–Crippen LogP) is 12.8. The van der Waals surface area contributed by atoms with Crippen molar-refractivity contribution in [3.05, 3.63) is 24.3 Å². The topological polar surface area (TPSA) is 225 Å². The fraction of sp³-hybridized carbons (Fsp3) is 0.882. The van der Waals surface area contributed by atoms with E-state index in [0.717, 1.165) is 57.8 Å². The van der Waals surface area contributed by atoms with Crippen LogP contribution in [0, 0.1) is 0 Å². The van der Waals surface area contributed by atoms with Crippen molar-refractivity contribution in [3.63, 3.8) is 0 Å². The molecule has 5 unspecified atom stereocenters. The van der Waals surface area contributed by atoms with Crippen LogP contribution in [-0.2, 0) is 46.3 Å². The molecular formula is C51H98O15P2. The van der Waals surface area contributed by atoms with E-state index in [1.807, 2.05) is 0 Å². The van der Waals surface area contributed by atoms with Crippen molar-refractivity contribution in [1.29, 1.82) is 0 Å². The number of phosphoric acid groups is 2. The summed E-state index contributed by atoms with van der Waals surface area (Å²) in [6.07, 6.45) is 43.0. The molecule has 0 fully saturated rings. The van der Waals surface area contributed by atoms with Gasteiger partial charge in [-0.1, -0.05) is 199 Å². The second-order valence-electron chi connectivity index (χ2n) is 18.2. The summed E-state index contributed by atoms with van der Waals surface area (Å²) in [7, 11) is -9.57. The molecule has 0 saturated carbocycles. The maximum absolute atomic E-state index is 12.2. The van der Waals surface area contributed by atoms with Crippen LogP contribution in [-0.4, -0.2) is 95.0 Å². The minimum atomic E-state index is -4.79. The molecule has 0 aromatic carbocycles. The van der Waals surface area contributed by atoms with E-state index in [2.05, 4.69) is 47.2 Å². The lowest BCUT2D eigenvalue weighted by Gasteiger charge is -2.19. The van der Waals surface area contributed by atoms with E-state index in [1.54, 1.807) is 0 Å². The lowest BCUT2D eigenvalue weighted by Crippen LogP contribution is -2.25. The molecule has 0 bridgehead atoms. The third-order valence-corrected chi connectivity index (χ3v) is 13.3. The van der Waals surface area contributed by atoms with Crippen molar-refractivity contribution < 1.29 is 71.4 Å². The molecule has 0 aromatic rings. The highest BCUT2D eigenvalue weighted by Gasteiger charge is 2.28. The Labute approximate surface area is 412 Å². The third kappa shape index (κ3) is 49.5. The lowest BCUT2D eigenvalue weighted by molar-refractivity contribution is -0.148. The van der Waals surface area contributed by atoms with Crippen molar-refractivity contribution >= 4 is 27.6 Å². The van der Waals surface area contributed by atoms with E-state index in [1.165, 1.54) is 135 Å². The summed E-state index contributed by atoms with van der Waals surface area (Å²) < 4.78 is 53.1. The van der Waals surface area contributed by atoms with Crippen molar-refractivity contribution in [2.24, 2.45) is 0 Å². The molecule has 0 rings (SSSR count). The number of carbonyl (C=O) groups is 2. The molecule has 0 heterocycles. The molecule has 5 N–H and O–H groups in total. The number of rotatable bonds is 52. The number of carbonyl (C=O) groups excluding carboxylic acids is 2. The fourth-order valence-corrected chi connectivity index (χ4v) is 8.84. The van der Waals surface area contributed by atoms with Crippen LogP contribution in [0.1, 0.15) is 232 Å². The molecule has 402 valence electrons. The van der Waals surface area contributed by atoms with E-state index >= 15 is 0 Å². The zero-order valence-corrected chi connectivity index (χ0v) is 44.3. The maximum Gasteiger partial charge on any atom is 0.472 e. The van der Waals surface area contributed by atoms with Crippen LogP contribution < -0.4 is 0 Å². The number of phosphoric ester groups is 2. The molecule has 0 aliphatic heterocycles. The molecule has 0 aliphatic rings. The van der Waals surface area contributed by atoms with Crippen LogP contribution in [0.3, 0.4) is 0 Å². The number of hydrogen-bond acceptors (Lipinski definition) is 13. The molecule has 0 aliphatic carbocycles. The highest BCUT2D eigenvalue weighted by Crippen LogP contribution is 2.45. The largest absolute Gasteiger partial charge is 0.472 e. The minimum absolute atomic E-state index is 0.189. The Morgan fingerprint density at radius 3 is 0.956 bits per heavy atom. The minimum Gasteiger partial charge on any atom is -0.463 e. The number of aliphatic hydroxyl groups is 3. The first-order valence-corrected chi connectivity index (χ1v) is 29.7. The summed E-state index contributed by atoms with van der Waals surface area (Å²) in [5.74, 6) is -0.993. The number of unbranched alkanes of at least 4 members (excludes halogenated alkanes) is 28. The molecule has 17 heteroatoms. The zero-order chi connectivity index (χ0) is 50.2. The lowest BCUT2D eigenvalue weighted by atomic mass is 10.0. The molecule has 15 nitrogen and oxygen atoms in total. The van der Waals surface area contributed by atoms with Gasteiger partial charge in [0.15, 0.2) is 0 Å². The van der Waals surface area contributed by atoms with Gasteiger partial charge in [-0.15, -0.1) is 0 Å². The van der Waals surface area contributed by atoms with Gasteiger partial charge >= 0.3 is 27.6 Å². The first-order chi connectivity index (χ1) is 32.8. The second kappa shape index (κ2) is 47.8. The Balaban J connectivity index is 3.83. The van der Waals surface area contributed by atoms with Crippen LogP contribution in [0.5, 0.6) is 0 Å². The van der Waals surface area contributed by atoms with Crippen LogP contribution in [0.25, 0.3) is 0 Å². The highest BCUT2D eigenvalue weighted by atomic mass is 31.2. The van der Waals surface area contributed by atoms with Gasteiger partial charge in [-0.3, -0.25) is 27.7 Å². The third-order valence-electron chi connectivity index (χ3n) is 11.4. The average molecular weight is 1010 g/mol. The van der Waals surface area contributed by atoms with Gasteiger partial charge in [0.1, 0.15) is 31.5 Å². The number of aliphatic hydroxyl groups excluding tert-OH is 3. The molecule has 0 aromatic heterocycles. The maximum atomic E-state index is 12.2. The first-order valence-electron chi connectivity index (χ1n) is 26.7. The average Bonchev–Trinajstić information content (AvgIpc) is 3.31. The molecule has 0 saturated heterocycles. The normalized spacial score (nSPS) is 15.1. The quantitative estimate of drug-likeness (QED) is 0.0165. The van der Waals surface area contributed by atoms with Crippen molar-refractivity contribution in [1.82, 2.24) is 0 Å². The summed E-state index contributed by atoms with van der Waals surface area (Å²) in [4.78, 5) is 43.9. The molecule has 0 radical (unpaired) electrons. The van der Waals surface area contributed by atoms with Gasteiger partial charge in [0.05, 0.1) is 26.4 Å². The van der Waals surface area contributed by atoms with Gasteiger partial charge in [0, 0.05) is 12.8 Å². The van der Waals surface area contributed by atoms with Crippen molar-refractivity contribution in [3.8, 4) is 0 Å². The summed E-state index contributed by atoms with van der Waals surface area (Å²) in [6.45, 7) is 0.437. The fourth-order valence-electron chi connectivity index (χ4n) is 7.24. The van der Waals surface area contributed by atoms with Crippen LogP contribution in [0.4, 0.5) is 0 Å². The SMILES string of the molecule is CCCCC/C=C\C/C=C\CCCCCCCCCC(=O)OCC(O)COP(=O)(O)OCC(O)COP(=O)(O)OCC(O)COC(=O)CCCCCCCCCCCCCCCCCCCCC. The Hall–Kier alpha value is -1.48. The first kappa shape index (κ1) is 66.5. The molecule has 5 atom stereocenters. The summed E-state index contributed by atoms with van der Waals surface area (Å²) >= 11 is 0. The second-order valence-corrected chi connectivity index (χ2v) is 21.2. The Bertz CT molecular complexity index is 1320. The number of esters is 2. The van der Waals surface area contributed by atoms with E-state index < -0.39 is 85.5 Å². The number of ether oxygens (including phenoxy) is 2. The van der Waals surface area contributed by atoms with Gasteiger partial charge in [0.25, 0.3) is 0 Å². The smallest absolute Gasteiger partial charge is 0.463 e. The molecule has 0 spiro atoms. The Morgan fingerprint density at radius 1 is 0.382 bits per heavy atom. The highest BCUT2D eigenvalue weighted by molar-refractivity contribution is 7.47. The van der Waals surface area contributed by atoms with Crippen LogP contribution in [0.15, 0.2) is 24.3 Å². The van der Waals surface area contributed by atoms with Crippen LogP contribution in [0.2, 0.25) is 0 Å². The number of allylic oxidation sites excluding steroid dienone is 4. The van der Waals surface area contributed by atoms with Gasteiger partial charge in [-0.05, 0) is 44.9 Å². The van der Waals surface area contributed by atoms with Gasteiger partial charge in [-0.25, -0.2) is 9.13 Å². The van der Waals surface area contributed by atoms with Crippen molar-refractivity contribution in [2.45, 2.75) is 250 Å². The Kier molecular flexibility index (Phi) is 46.8. The van der Waals surface area contributed by atoms with Gasteiger partial charge < -0.3 is 34.6 Å².